The first-order valence-corrected chi connectivity index (χ1v) is 12.3. The van der Waals surface area contributed by atoms with Crippen LogP contribution in [-0.2, 0) is 16.0 Å². The van der Waals surface area contributed by atoms with Crippen molar-refractivity contribution in [1.82, 2.24) is 15.5 Å². The van der Waals surface area contributed by atoms with Gasteiger partial charge in [-0.3, -0.25) is 19.3 Å². The number of imide groups is 1. The molecule has 1 aliphatic heterocycles. The summed E-state index contributed by atoms with van der Waals surface area (Å²) in [5.74, 6) is -1.48. The summed E-state index contributed by atoms with van der Waals surface area (Å²) in [6, 6.07) is 20.5. The van der Waals surface area contributed by atoms with E-state index in [1.807, 2.05) is 42.5 Å². The molecule has 3 aromatic rings. The van der Waals surface area contributed by atoms with Crippen LogP contribution in [0.1, 0.15) is 28.8 Å². The highest BCUT2D eigenvalue weighted by molar-refractivity contribution is 6.09. The van der Waals surface area contributed by atoms with E-state index in [1.54, 1.807) is 30.3 Å². The minimum absolute atomic E-state index is 0. The lowest BCUT2D eigenvalue weighted by Crippen LogP contribution is -2.57. The largest absolute Gasteiger partial charge is 0.390 e. The number of nitrogens with zero attached hydrogens (tertiary/aromatic N) is 1. The van der Waals surface area contributed by atoms with E-state index < -0.39 is 35.9 Å². The SMILES string of the molecule is Cl.NCC(O)CNC(=O)[C@@H](Cc1ccc2ccccc2c1)N(C(=O)c1ccccc1)C(=O)[C@@H]1CCCN1. The summed E-state index contributed by atoms with van der Waals surface area (Å²) in [4.78, 5) is 42.0. The van der Waals surface area contributed by atoms with Crippen LogP contribution in [0.15, 0.2) is 72.8 Å². The molecular formula is C28H33ClN4O4. The molecule has 0 bridgehead atoms. The van der Waals surface area contributed by atoms with E-state index >= 15 is 0 Å². The van der Waals surface area contributed by atoms with E-state index in [9.17, 15) is 19.5 Å². The fraction of sp³-hybridized carbons (Fsp3) is 0.321. The van der Waals surface area contributed by atoms with Crippen molar-refractivity contribution in [2.45, 2.75) is 37.5 Å². The van der Waals surface area contributed by atoms with Crippen LogP contribution in [0.5, 0.6) is 0 Å². The molecule has 1 saturated heterocycles. The Balaban J connectivity index is 0.00000380. The van der Waals surface area contributed by atoms with Gasteiger partial charge >= 0.3 is 0 Å². The highest BCUT2D eigenvalue weighted by atomic mass is 35.5. The van der Waals surface area contributed by atoms with Crippen LogP contribution in [0, 0.1) is 0 Å². The Morgan fingerprint density at radius 1 is 1.03 bits per heavy atom. The van der Waals surface area contributed by atoms with Gasteiger partial charge in [-0.1, -0.05) is 60.7 Å². The first-order valence-electron chi connectivity index (χ1n) is 12.3. The first-order chi connectivity index (χ1) is 17.5. The molecule has 196 valence electrons. The number of rotatable bonds is 9. The first kappa shape index (κ1) is 28.3. The molecule has 3 amide bonds. The smallest absolute Gasteiger partial charge is 0.261 e. The maximum absolute atomic E-state index is 13.7. The van der Waals surface area contributed by atoms with Crippen molar-refractivity contribution in [3.05, 3.63) is 83.9 Å². The van der Waals surface area contributed by atoms with Crippen LogP contribution in [0.25, 0.3) is 10.8 Å². The van der Waals surface area contributed by atoms with Crippen LogP contribution < -0.4 is 16.4 Å². The summed E-state index contributed by atoms with van der Waals surface area (Å²) in [5.41, 5.74) is 6.63. The van der Waals surface area contributed by atoms with Gasteiger partial charge in [0.1, 0.15) is 6.04 Å². The van der Waals surface area contributed by atoms with Crippen molar-refractivity contribution in [1.29, 1.82) is 0 Å². The number of fused-ring (bicyclic) bond motifs is 1. The maximum Gasteiger partial charge on any atom is 0.261 e. The highest BCUT2D eigenvalue weighted by Crippen LogP contribution is 2.21. The molecule has 1 aliphatic rings. The third-order valence-electron chi connectivity index (χ3n) is 6.48. The second-order valence-electron chi connectivity index (χ2n) is 9.06. The molecule has 3 atom stereocenters. The van der Waals surface area contributed by atoms with Gasteiger partial charge in [-0.15, -0.1) is 12.4 Å². The fourth-order valence-corrected chi connectivity index (χ4v) is 4.49. The summed E-state index contributed by atoms with van der Waals surface area (Å²) >= 11 is 0. The summed E-state index contributed by atoms with van der Waals surface area (Å²) in [6.45, 7) is 0.577. The van der Waals surface area contributed by atoms with Crippen molar-refractivity contribution in [3.8, 4) is 0 Å². The Hall–Kier alpha value is -3.30. The van der Waals surface area contributed by atoms with Gasteiger partial charge in [0.05, 0.1) is 12.1 Å². The predicted octanol–water partition coefficient (Wildman–Crippen LogP) is 2.03. The molecule has 1 fully saturated rings. The molecular weight excluding hydrogens is 492 g/mol. The molecule has 0 aromatic heterocycles. The van der Waals surface area contributed by atoms with Crippen molar-refractivity contribution in [3.63, 3.8) is 0 Å². The van der Waals surface area contributed by atoms with Gasteiger partial charge in [0, 0.05) is 25.1 Å². The van der Waals surface area contributed by atoms with Crippen molar-refractivity contribution < 1.29 is 19.5 Å². The molecule has 9 heteroatoms. The van der Waals surface area contributed by atoms with E-state index in [0.29, 0.717) is 18.5 Å². The monoisotopic (exact) mass is 524 g/mol. The number of carbonyl (C=O) groups is 3. The second-order valence-corrected chi connectivity index (χ2v) is 9.06. The van der Waals surface area contributed by atoms with Crippen LogP contribution in [0.4, 0.5) is 0 Å². The zero-order valence-electron chi connectivity index (χ0n) is 20.5. The van der Waals surface area contributed by atoms with Crippen LogP contribution in [-0.4, -0.2) is 65.5 Å². The molecule has 3 aromatic carbocycles. The summed E-state index contributed by atoms with van der Waals surface area (Å²) < 4.78 is 0. The van der Waals surface area contributed by atoms with Gasteiger partial charge in [0.15, 0.2) is 0 Å². The van der Waals surface area contributed by atoms with Gasteiger partial charge in [-0.2, -0.15) is 0 Å². The van der Waals surface area contributed by atoms with Crippen LogP contribution in [0.2, 0.25) is 0 Å². The van der Waals surface area contributed by atoms with Gasteiger partial charge in [0.25, 0.3) is 5.91 Å². The number of nitrogens with one attached hydrogen (secondary N) is 2. The van der Waals surface area contributed by atoms with Crippen molar-refractivity contribution >= 4 is 40.9 Å². The molecule has 0 radical (unpaired) electrons. The lowest BCUT2D eigenvalue weighted by Gasteiger charge is -2.32. The zero-order chi connectivity index (χ0) is 25.5. The van der Waals surface area contributed by atoms with E-state index in [-0.39, 0.29) is 31.9 Å². The molecule has 0 aliphatic carbocycles. The van der Waals surface area contributed by atoms with Gasteiger partial charge < -0.3 is 21.5 Å². The lowest BCUT2D eigenvalue weighted by molar-refractivity contribution is -0.139. The Bertz CT molecular complexity index is 1220. The molecule has 8 nitrogen and oxygen atoms in total. The van der Waals surface area contributed by atoms with Gasteiger partial charge in [-0.25, -0.2) is 0 Å². The zero-order valence-corrected chi connectivity index (χ0v) is 21.3. The number of hydrogen-bond donors (Lipinski definition) is 4. The Morgan fingerprint density at radius 3 is 2.41 bits per heavy atom. The standard InChI is InChI=1S/C28H32N4O4.ClH/c29-17-23(33)18-31-26(34)25(16-19-12-13-20-7-4-5-10-22(20)15-19)32(28(36)24-11-6-14-30-24)27(35)21-8-2-1-3-9-21;/h1-5,7-10,12-13,15,23-25,30,33H,6,11,14,16-18,29H2,(H,31,34);1H/t23?,24-,25+;/m0./s1. The topological polar surface area (TPSA) is 125 Å². The number of halogens is 1. The van der Waals surface area contributed by atoms with E-state index in [4.69, 9.17) is 5.73 Å². The Kier molecular flexibility index (Phi) is 10.2. The summed E-state index contributed by atoms with van der Waals surface area (Å²) in [6.07, 6.45) is 0.606. The van der Waals surface area contributed by atoms with E-state index in [1.165, 1.54) is 0 Å². The average molecular weight is 525 g/mol. The number of amides is 3. The third-order valence-corrected chi connectivity index (χ3v) is 6.48. The van der Waals surface area contributed by atoms with E-state index in [2.05, 4.69) is 10.6 Å². The molecule has 37 heavy (non-hydrogen) atoms. The minimum atomic E-state index is -1.11. The van der Waals surface area contributed by atoms with Crippen LogP contribution >= 0.6 is 12.4 Å². The van der Waals surface area contributed by atoms with E-state index in [0.717, 1.165) is 27.7 Å². The molecule has 5 N–H and O–H groups in total. The number of aliphatic hydroxyl groups is 1. The van der Waals surface area contributed by atoms with Gasteiger partial charge in [0.2, 0.25) is 11.8 Å². The second kappa shape index (κ2) is 13.3. The molecule has 0 saturated carbocycles. The number of hydrogen-bond acceptors (Lipinski definition) is 6. The lowest BCUT2D eigenvalue weighted by atomic mass is 9.98. The molecule has 0 spiro atoms. The predicted molar refractivity (Wildman–Crippen MR) is 145 cm³/mol. The number of carbonyl (C=O) groups excluding carboxylic acids is 3. The van der Waals surface area contributed by atoms with Crippen molar-refractivity contribution in [2.75, 3.05) is 19.6 Å². The molecule has 4 rings (SSSR count). The minimum Gasteiger partial charge on any atom is -0.390 e. The number of benzene rings is 3. The van der Waals surface area contributed by atoms with Crippen molar-refractivity contribution in [2.24, 2.45) is 5.73 Å². The third kappa shape index (κ3) is 6.93. The number of aliphatic hydroxyl groups excluding tert-OH is 1. The Morgan fingerprint density at radius 2 is 1.73 bits per heavy atom. The fourth-order valence-electron chi connectivity index (χ4n) is 4.49. The molecule has 1 unspecified atom stereocenters. The quantitative estimate of drug-likeness (QED) is 0.317. The highest BCUT2D eigenvalue weighted by Gasteiger charge is 2.39. The molecule has 1 heterocycles. The van der Waals surface area contributed by atoms with Crippen LogP contribution in [0.3, 0.4) is 0 Å². The summed E-state index contributed by atoms with van der Waals surface area (Å²) in [5, 5.41) is 17.8. The summed E-state index contributed by atoms with van der Waals surface area (Å²) in [7, 11) is 0. The maximum atomic E-state index is 13.7. The van der Waals surface area contributed by atoms with Gasteiger partial charge in [-0.05, 0) is 47.9 Å². The number of nitrogens with two attached hydrogens (primary N) is 1. The Labute approximate surface area is 222 Å². The average Bonchev–Trinajstić information content (AvgIpc) is 3.46. The normalized spacial score (nSPS) is 16.4.